The lowest BCUT2D eigenvalue weighted by atomic mass is 10.0. The van der Waals surface area contributed by atoms with Crippen LogP contribution in [0, 0.1) is 0 Å². The second-order valence-corrected chi connectivity index (χ2v) is 8.33. The number of carbonyl (C=O) groups is 1. The molecule has 0 radical (unpaired) electrons. The van der Waals surface area contributed by atoms with Crippen molar-refractivity contribution in [1.29, 1.82) is 0 Å². The van der Waals surface area contributed by atoms with Crippen molar-refractivity contribution in [2.75, 3.05) is 30.3 Å². The summed E-state index contributed by atoms with van der Waals surface area (Å²) in [5.74, 6) is 1.16. The van der Waals surface area contributed by atoms with Gasteiger partial charge in [0.05, 0.1) is 17.5 Å². The van der Waals surface area contributed by atoms with Crippen LogP contribution in [0.25, 0.3) is 0 Å². The van der Waals surface area contributed by atoms with E-state index in [1.165, 1.54) is 24.6 Å². The van der Waals surface area contributed by atoms with Crippen molar-refractivity contribution in [1.82, 2.24) is 4.90 Å². The number of likely N-dealkylation sites (tertiary alicyclic amines) is 1. The highest BCUT2D eigenvalue weighted by Gasteiger charge is 2.33. The third-order valence-electron chi connectivity index (χ3n) is 4.97. The van der Waals surface area contributed by atoms with E-state index in [1.54, 1.807) is 0 Å². The first-order valence-corrected chi connectivity index (χ1v) is 10.6. The summed E-state index contributed by atoms with van der Waals surface area (Å²) < 4.78 is 6.78. The van der Waals surface area contributed by atoms with Crippen LogP contribution in [0.1, 0.15) is 24.4 Å². The zero-order valence-corrected chi connectivity index (χ0v) is 16.7. The van der Waals surface area contributed by atoms with Gasteiger partial charge in [0.15, 0.2) is 0 Å². The van der Waals surface area contributed by atoms with E-state index in [0.717, 1.165) is 34.4 Å². The molecule has 0 aromatic heterocycles. The molecule has 2 aliphatic rings. The van der Waals surface area contributed by atoms with Crippen LogP contribution in [0.2, 0.25) is 0 Å². The van der Waals surface area contributed by atoms with Crippen molar-refractivity contribution in [3.8, 4) is 5.75 Å². The summed E-state index contributed by atoms with van der Waals surface area (Å²) in [5, 5.41) is 0. The molecule has 0 saturated carbocycles. The summed E-state index contributed by atoms with van der Waals surface area (Å²) in [6.45, 7) is 2.47. The number of rotatable bonds is 3. The van der Waals surface area contributed by atoms with Crippen LogP contribution in [-0.4, -0.2) is 40.6 Å². The minimum absolute atomic E-state index is 0.0612. The first-order chi connectivity index (χ1) is 13.2. The predicted molar refractivity (Wildman–Crippen MR) is 114 cm³/mol. The molecule has 0 spiro atoms. The SMILES string of the molecule is O=C(CSC(=S)N1CCCC1)N1c2ccccc2OC[C@H]1c1ccccc1. The number of thioether (sulfide) groups is 1. The number of para-hydroxylation sites is 2. The maximum Gasteiger partial charge on any atom is 0.238 e. The van der Waals surface area contributed by atoms with Gasteiger partial charge < -0.3 is 9.64 Å². The molecule has 6 heteroatoms. The molecule has 0 unspecified atom stereocenters. The fourth-order valence-electron chi connectivity index (χ4n) is 3.60. The molecule has 140 valence electrons. The van der Waals surface area contributed by atoms with Crippen molar-refractivity contribution in [3.05, 3.63) is 60.2 Å². The van der Waals surface area contributed by atoms with Gasteiger partial charge in [-0.1, -0.05) is 66.4 Å². The van der Waals surface area contributed by atoms with Gasteiger partial charge >= 0.3 is 0 Å². The normalized spacial score (nSPS) is 18.7. The van der Waals surface area contributed by atoms with Gasteiger partial charge in [-0.3, -0.25) is 9.69 Å². The molecule has 1 atom stereocenters. The Bertz CT molecular complexity index is 822. The third-order valence-corrected chi connectivity index (χ3v) is 6.48. The van der Waals surface area contributed by atoms with Crippen LogP contribution in [0.15, 0.2) is 54.6 Å². The summed E-state index contributed by atoms with van der Waals surface area (Å²) in [4.78, 5) is 17.3. The van der Waals surface area contributed by atoms with Crippen molar-refractivity contribution in [3.63, 3.8) is 0 Å². The topological polar surface area (TPSA) is 32.8 Å². The Hall–Kier alpha value is -2.05. The number of benzene rings is 2. The van der Waals surface area contributed by atoms with Crippen LogP contribution in [0.5, 0.6) is 5.75 Å². The summed E-state index contributed by atoms with van der Waals surface area (Å²) in [7, 11) is 0. The van der Waals surface area contributed by atoms with Crippen molar-refractivity contribution < 1.29 is 9.53 Å². The van der Waals surface area contributed by atoms with E-state index in [9.17, 15) is 4.79 Å². The first kappa shape index (κ1) is 18.3. The maximum absolute atomic E-state index is 13.2. The average molecular weight is 399 g/mol. The van der Waals surface area contributed by atoms with Gasteiger partial charge in [0.25, 0.3) is 0 Å². The quantitative estimate of drug-likeness (QED) is 0.721. The molecule has 1 fully saturated rings. The van der Waals surface area contributed by atoms with E-state index in [1.807, 2.05) is 59.5 Å². The summed E-state index contributed by atoms with van der Waals surface area (Å²) in [5.41, 5.74) is 1.91. The number of thiocarbonyl (C=S) groups is 1. The molecule has 2 aromatic rings. The van der Waals surface area contributed by atoms with Gasteiger partial charge in [-0.25, -0.2) is 0 Å². The number of ether oxygens (including phenoxy) is 1. The van der Waals surface area contributed by atoms with Crippen LogP contribution in [-0.2, 0) is 4.79 Å². The summed E-state index contributed by atoms with van der Waals surface area (Å²) in [6, 6.07) is 17.7. The van der Waals surface area contributed by atoms with Gasteiger partial charge in [-0.05, 0) is 30.5 Å². The van der Waals surface area contributed by atoms with Crippen LogP contribution >= 0.6 is 24.0 Å². The van der Waals surface area contributed by atoms with Gasteiger partial charge in [-0.2, -0.15) is 0 Å². The highest BCUT2D eigenvalue weighted by Crippen LogP contribution is 2.39. The third kappa shape index (κ3) is 3.96. The van der Waals surface area contributed by atoms with Gasteiger partial charge in [0, 0.05) is 13.1 Å². The molecule has 2 heterocycles. The molecular weight excluding hydrogens is 376 g/mol. The van der Waals surface area contributed by atoms with Crippen LogP contribution in [0.4, 0.5) is 5.69 Å². The number of amides is 1. The Labute approximate surface area is 169 Å². The Morgan fingerprint density at radius 3 is 2.56 bits per heavy atom. The number of nitrogens with zero attached hydrogens (tertiary/aromatic N) is 2. The van der Waals surface area contributed by atoms with Crippen molar-refractivity contribution in [2.45, 2.75) is 18.9 Å². The maximum atomic E-state index is 13.2. The highest BCUT2D eigenvalue weighted by atomic mass is 32.2. The molecule has 4 nitrogen and oxygen atoms in total. The largest absolute Gasteiger partial charge is 0.489 e. The fourth-order valence-corrected chi connectivity index (χ4v) is 4.71. The lowest BCUT2D eigenvalue weighted by molar-refractivity contribution is -0.117. The number of carbonyl (C=O) groups excluding carboxylic acids is 1. The minimum Gasteiger partial charge on any atom is -0.489 e. The fraction of sp³-hybridized carbons (Fsp3) is 0.333. The van der Waals surface area contributed by atoms with E-state index in [0.29, 0.717) is 12.4 Å². The van der Waals surface area contributed by atoms with Gasteiger partial charge in [-0.15, -0.1) is 0 Å². The van der Waals surface area contributed by atoms with Crippen molar-refractivity contribution >= 4 is 39.9 Å². The molecule has 4 rings (SSSR count). The molecule has 27 heavy (non-hydrogen) atoms. The smallest absolute Gasteiger partial charge is 0.238 e. The van der Waals surface area contributed by atoms with E-state index in [-0.39, 0.29) is 11.9 Å². The minimum atomic E-state index is -0.130. The second kappa shape index (κ2) is 8.31. The lowest BCUT2D eigenvalue weighted by Crippen LogP contribution is -2.42. The standard InChI is InChI=1S/C21H22N2O2S2/c24-20(15-27-21(26)22-12-6-7-13-22)23-17-10-4-5-11-19(17)25-14-18(23)16-8-2-1-3-9-16/h1-5,8-11,18H,6-7,12-15H2/t18-/m0/s1. The van der Waals surface area contributed by atoms with E-state index >= 15 is 0 Å². The highest BCUT2D eigenvalue weighted by molar-refractivity contribution is 8.23. The molecule has 1 saturated heterocycles. The van der Waals surface area contributed by atoms with Crippen molar-refractivity contribution in [2.24, 2.45) is 0 Å². The number of fused-ring (bicyclic) bond motifs is 1. The summed E-state index contributed by atoms with van der Waals surface area (Å²) >= 11 is 7.00. The van der Waals surface area contributed by atoms with Crippen LogP contribution < -0.4 is 9.64 Å². The zero-order chi connectivity index (χ0) is 18.6. The van der Waals surface area contributed by atoms with E-state index in [4.69, 9.17) is 17.0 Å². The monoisotopic (exact) mass is 398 g/mol. The number of hydrogen-bond donors (Lipinski definition) is 0. The molecule has 2 aliphatic heterocycles. The molecule has 0 aliphatic carbocycles. The summed E-state index contributed by atoms with van der Waals surface area (Å²) in [6.07, 6.45) is 2.36. The molecule has 0 bridgehead atoms. The first-order valence-electron chi connectivity index (χ1n) is 9.24. The van der Waals surface area contributed by atoms with E-state index < -0.39 is 0 Å². The van der Waals surface area contributed by atoms with Gasteiger partial charge in [0.2, 0.25) is 5.91 Å². The molecule has 0 N–H and O–H groups in total. The Kier molecular flexibility index (Phi) is 5.64. The van der Waals surface area contributed by atoms with E-state index in [2.05, 4.69) is 4.90 Å². The molecular formula is C21H22N2O2S2. The molecule has 2 aromatic carbocycles. The van der Waals surface area contributed by atoms with Crippen LogP contribution in [0.3, 0.4) is 0 Å². The second-order valence-electron chi connectivity index (χ2n) is 6.72. The Balaban J connectivity index is 1.55. The number of anilines is 1. The van der Waals surface area contributed by atoms with Gasteiger partial charge in [0.1, 0.15) is 16.7 Å². The average Bonchev–Trinajstić information content (AvgIpc) is 3.26. The zero-order valence-electron chi connectivity index (χ0n) is 15.0. The Morgan fingerprint density at radius 1 is 1.07 bits per heavy atom. The predicted octanol–water partition coefficient (Wildman–Crippen LogP) is 4.27. The lowest BCUT2D eigenvalue weighted by Gasteiger charge is -2.37. The number of hydrogen-bond acceptors (Lipinski definition) is 4. The molecule has 1 amide bonds. The Morgan fingerprint density at radius 2 is 1.78 bits per heavy atom.